The molecule has 1 atom stereocenters. The molecule has 0 bridgehead atoms. The molecule has 1 aliphatic rings. The highest BCUT2D eigenvalue weighted by Crippen LogP contribution is 2.41. The van der Waals surface area contributed by atoms with Crippen molar-refractivity contribution in [2.45, 2.75) is 24.9 Å². The van der Waals surface area contributed by atoms with Crippen LogP contribution in [-0.2, 0) is 9.53 Å². The average molecular weight is 174 g/mol. The van der Waals surface area contributed by atoms with Crippen LogP contribution in [0.15, 0.2) is 0 Å². The first kappa shape index (κ1) is 9.48. The van der Waals surface area contributed by atoms with Crippen molar-refractivity contribution in [3.63, 3.8) is 0 Å². The summed E-state index contributed by atoms with van der Waals surface area (Å²) in [6, 6.07) is 0. The summed E-state index contributed by atoms with van der Waals surface area (Å²) >= 11 is 0. The Morgan fingerprint density at radius 1 is 1.67 bits per heavy atom. The number of carboxylic acids is 1. The van der Waals surface area contributed by atoms with Crippen molar-refractivity contribution in [1.29, 1.82) is 0 Å². The molecule has 12 heavy (non-hydrogen) atoms. The Morgan fingerprint density at radius 2 is 2.25 bits per heavy atom. The standard InChI is InChI=1S/C8H14O4/c1-12-5-8(11,4-7(9)10)6-2-3-6/h6,11H,2-5H2,1H3,(H,9,10). The van der Waals surface area contributed by atoms with E-state index in [9.17, 15) is 9.90 Å². The van der Waals surface area contributed by atoms with E-state index in [1.807, 2.05) is 0 Å². The van der Waals surface area contributed by atoms with E-state index in [4.69, 9.17) is 9.84 Å². The Kier molecular flexibility index (Phi) is 2.69. The van der Waals surface area contributed by atoms with Crippen LogP contribution in [0.5, 0.6) is 0 Å². The van der Waals surface area contributed by atoms with Crippen molar-refractivity contribution in [2.24, 2.45) is 5.92 Å². The fourth-order valence-corrected chi connectivity index (χ4v) is 1.45. The predicted octanol–water partition coefficient (Wildman–Crippen LogP) is 0.249. The number of hydrogen-bond acceptors (Lipinski definition) is 3. The van der Waals surface area contributed by atoms with Gasteiger partial charge in [0.2, 0.25) is 0 Å². The first-order valence-corrected chi connectivity index (χ1v) is 4.01. The van der Waals surface area contributed by atoms with Crippen LogP contribution in [0.2, 0.25) is 0 Å². The maximum atomic E-state index is 10.4. The zero-order valence-corrected chi connectivity index (χ0v) is 7.12. The number of ether oxygens (including phenoxy) is 1. The van der Waals surface area contributed by atoms with Gasteiger partial charge in [-0.15, -0.1) is 0 Å². The summed E-state index contributed by atoms with van der Waals surface area (Å²) in [5.74, 6) is -0.852. The molecule has 4 nitrogen and oxygen atoms in total. The largest absolute Gasteiger partial charge is 0.481 e. The minimum absolute atomic E-state index is 0.115. The van der Waals surface area contributed by atoms with Gasteiger partial charge in [0.15, 0.2) is 0 Å². The molecule has 4 heteroatoms. The minimum atomic E-state index is -1.14. The maximum absolute atomic E-state index is 10.4. The molecule has 0 saturated heterocycles. The van der Waals surface area contributed by atoms with E-state index >= 15 is 0 Å². The lowest BCUT2D eigenvalue weighted by Gasteiger charge is -2.24. The lowest BCUT2D eigenvalue weighted by atomic mass is 9.95. The van der Waals surface area contributed by atoms with Crippen molar-refractivity contribution < 1.29 is 19.7 Å². The van der Waals surface area contributed by atoms with Crippen LogP contribution < -0.4 is 0 Å². The predicted molar refractivity (Wildman–Crippen MR) is 41.8 cm³/mol. The van der Waals surface area contributed by atoms with E-state index in [0.29, 0.717) is 0 Å². The van der Waals surface area contributed by atoms with Crippen molar-refractivity contribution >= 4 is 5.97 Å². The van der Waals surface area contributed by atoms with Gasteiger partial charge in [-0.2, -0.15) is 0 Å². The Bertz CT molecular complexity index is 176. The number of carbonyl (C=O) groups is 1. The molecule has 1 saturated carbocycles. The topological polar surface area (TPSA) is 66.8 Å². The molecular formula is C8H14O4. The minimum Gasteiger partial charge on any atom is -0.481 e. The molecule has 0 aromatic carbocycles. The van der Waals surface area contributed by atoms with Crippen molar-refractivity contribution in [2.75, 3.05) is 13.7 Å². The van der Waals surface area contributed by atoms with Crippen molar-refractivity contribution in [3.05, 3.63) is 0 Å². The Labute approximate surface area is 71.2 Å². The summed E-state index contributed by atoms with van der Waals surface area (Å²) in [5, 5.41) is 18.4. The molecule has 0 aromatic heterocycles. The monoisotopic (exact) mass is 174 g/mol. The maximum Gasteiger partial charge on any atom is 0.306 e. The molecule has 1 unspecified atom stereocenters. The second kappa shape index (κ2) is 3.41. The van der Waals surface area contributed by atoms with E-state index in [2.05, 4.69) is 0 Å². The SMILES string of the molecule is COCC(O)(CC(=O)O)C1CC1. The number of carboxylic acid groups (broad SMARTS) is 1. The van der Waals surface area contributed by atoms with Gasteiger partial charge in [0.05, 0.1) is 13.0 Å². The van der Waals surface area contributed by atoms with Gasteiger partial charge in [-0.1, -0.05) is 0 Å². The molecule has 0 amide bonds. The Morgan fingerprint density at radius 3 is 2.58 bits per heavy atom. The number of rotatable bonds is 5. The van der Waals surface area contributed by atoms with Crippen LogP contribution in [0.25, 0.3) is 0 Å². The molecule has 0 aliphatic heterocycles. The van der Waals surface area contributed by atoms with Crippen molar-refractivity contribution in [1.82, 2.24) is 0 Å². The summed E-state index contributed by atoms with van der Waals surface area (Å²) in [6.45, 7) is 0.115. The summed E-state index contributed by atoms with van der Waals surface area (Å²) in [7, 11) is 1.47. The van der Waals surface area contributed by atoms with Crippen LogP contribution in [0, 0.1) is 5.92 Å². The van der Waals surface area contributed by atoms with Crippen LogP contribution >= 0.6 is 0 Å². The van der Waals surface area contributed by atoms with Crippen LogP contribution in [0.4, 0.5) is 0 Å². The summed E-state index contributed by atoms with van der Waals surface area (Å²) in [4.78, 5) is 10.4. The first-order chi connectivity index (χ1) is 5.58. The molecule has 1 aliphatic carbocycles. The molecule has 1 fully saturated rings. The third-order valence-electron chi connectivity index (χ3n) is 2.19. The molecule has 1 rings (SSSR count). The van der Waals surface area contributed by atoms with E-state index in [0.717, 1.165) is 12.8 Å². The number of hydrogen-bond donors (Lipinski definition) is 2. The zero-order chi connectivity index (χ0) is 9.19. The molecular weight excluding hydrogens is 160 g/mol. The highest BCUT2D eigenvalue weighted by Gasteiger charge is 2.45. The highest BCUT2D eigenvalue weighted by molar-refractivity contribution is 5.68. The van der Waals surface area contributed by atoms with Crippen LogP contribution in [0.1, 0.15) is 19.3 Å². The van der Waals surface area contributed by atoms with Gasteiger partial charge in [-0.05, 0) is 18.8 Å². The summed E-state index contributed by atoms with van der Waals surface area (Å²) in [6.07, 6.45) is 1.60. The molecule has 2 N–H and O–H groups in total. The summed E-state index contributed by atoms with van der Waals surface area (Å²) < 4.78 is 4.80. The van der Waals surface area contributed by atoms with E-state index < -0.39 is 11.6 Å². The van der Waals surface area contributed by atoms with E-state index in [-0.39, 0.29) is 18.9 Å². The number of methoxy groups -OCH3 is 1. The van der Waals surface area contributed by atoms with Gasteiger partial charge in [0, 0.05) is 7.11 Å². The van der Waals surface area contributed by atoms with Gasteiger partial charge in [-0.3, -0.25) is 4.79 Å². The second-order valence-electron chi connectivity index (χ2n) is 3.38. The quantitative estimate of drug-likeness (QED) is 0.627. The summed E-state index contributed by atoms with van der Waals surface area (Å²) in [5.41, 5.74) is -1.14. The van der Waals surface area contributed by atoms with E-state index in [1.54, 1.807) is 0 Å². The zero-order valence-electron chi connectivity index (χ0n) is 7.12. The first-order valence-electron chi connectivity index (χ1n) is 4.01. The average Bonchev–Trinajstić information content (AvgIpc) is 2.65. The third kappa shape index (κ3) is 2.19. The molecule has 0 spiro atoms. The lowest BCUT2D eigenvalue weighted by Crippen LogP contribution is -2.39. The normalized spacial score (nSPS) is 21.8. The second-order valence-corrected chi connectivity index (χ2v) is 3.38. The number of aliphatic hydroxyl groups is 1. The van der Waals surface area contributed by atoms with Gasteiger partial charge in [-0.25, -0.2) is 0 Å². The van der Waals surface area contributed by atoms with Crippen LogP contribution in [-0.4, -0.2) is 35.5 Å². The van der Waals surface area contributed by atoms with Gasteiger partial charge < -0.3 is 14.9 Å². The lowest BCUT2D eigenvalue weighted by molar-refractivity contribution is -0.146. The smallest absolute Gasteiger partial charge is 0.306 e. The van der Waals surface area contributed by atoms with Gasteiger partial charge in [0.1, 0.15) is 5.60 Å². The molecule has 0 aromatic rings. The molecule has 70 valence electrons. The number of aliphatic carboxylic acids is 1. The molecule has 0 radical (unpaired) electrons. The Balaban J connectivity index is 2.51. The fraction of sp³-hybridized carbons (Fsp3) is 0.875. The van der Waals surface area contributed by atoms with Crippen molar-refractivity contribution in [3.8, 4) is 0 Å². The van der Waals surface area contributed by atoms with Crippen LogP contribution in [0.3, 0.4) is 0 Å². The van der Waals surface area contributed by atoms with E-state index in [1.165, 1.54) is 7.11 Å². The highest BCUT2D eigenvalue weighted by atomic mass is 16.5. The third-order valence-corrected chi connectivity index (χ3v) is 2.19. The Hall–Kier alpha value is -0.610. The van der Waals surface area contributed by atoms with Gasteiger partial charge in [0.25, 0.3) is 0 Å². The van der Waals surface area contributed by atoms with Gasteiger partial charge >= 0.3 is 5.97 Å². The fourth-order valence-electron chi connectivity index (χ4n) is 1.45. The molecule has 0 heterocycles.